The number of nitrogens with zero attached hydrogens (tertiary/aromatic N) is 2. The first-order valence-electron chi connectivity index (χ1n) is 16.9. The molecule has 1 atom stereocenters. The van der Waals surface area contributed by atoms with Gasteiger partial charge in [0.25, 0.3) is 10.0 Å². The normalized spacial score (nSPS) is 14.1. The van der Waals surface area contributed by atoms with Gasteiger partial charge in [-0.05, 0) is 68.1 Å². The number of hydrogen-bond acceptors (Lipinski definition) is 5. The molecule has 1 saturated carbocycles. The molecular formula is C39H44ClN3O5S. The molecule has 4 aromatic carbocycles. The fourth-order valence-electron chi connectivity index (χ4n) is 6.20. The molecule has 49 heavy (non-hydrogen) atoms. The highest BCUT2D eigenvalue weighted by Gasteiger charge is 2.36. The molecule has 1 aliphatic carbocycles. The standard InChI is InChI=1S/C39H44ClN3O5S/c1-3-48-37-21-13-12-20-35(37)43(49(46,47)33-24-22-29(2)23-25-33)28-38(44)42(27-31-16-10-11-19-34(31)40)36(26-30-14-6-4-7-15-30)39(45)41-32-17-8-5-9-18-32/h4,6-7,10-16,19-25,32,36H,3,5,8-9,17-18,26-28H2,1-2H3,(H,41,45)/t36-/m0/s1. The van der Waals surface area contributed by atoms with Crippen molar-refractivity contribution in [3.8, 4) is 5.75 Å². The first-order chi connectivity index (χ1) is 23.7. The van der Waals surface area contributed by atoms with Crippen LogP contribution in [0, 0.1) is 6.92 Å². The van der Waals surface area contributed by atoms with E-state index in [0.717, 1.165) is 47.5 Å². The quantitative estimate of drug-likeness (QED) is 0.149. The van der Waals surface area contributed by atoms with Crippen molar-refractivity contribution in [2.24, 2.45) is 0 Å². The Bertz CT molecular complexity index is 1810. The molecule has 0 radical (unpaired) electrons. The summed E-state index contributed by atoms with van der Waals surface area (Å²) in [6.07, 6.45) is 5.17. The van der Waals surface area contributed by atoms with E-state index in [-0.39, 0.29) is 35.5 Å². The van der Waals surface area contributed by atoms with Crippen LogP contribution in [0.2, 0.25) is 5.02 Å². The Morgan fingerprint density at radius 1 is 0.878 bits per heavy atom. The topological polar surface area (TPSA) is 96.0 Å². The van der Waals surface area contributed by atoms with Gasteiger partial charge in [0.15, 0.2) is 0 Å². The minimum absolute atomic E-state index is 0.000377. The lowest BCUT2D eigenvalue weighted by molar-refractivity contribution is -0.140. The number of aryl methyl sites for hydroxylation is 1. The molecule has 5 rings (SSSR count). The lowest BCUT2D eigenvalue weighted by Gasteiger charge is -2.35. The third-order valence-corrected chi connectivity index (χ3v) is 11.0. The van der Waals surface area contributed by atoms with Gasteiger partial charge in [-0.25, -0.2) is 8.42 Å². The van der Waals surface area contributed by atoms with Crippen molar-refractivity contribution < 1.29 is 22.7 Å². The average molecular weight is 702 g/mol. The molecule has 0 heterocycles. The Labute approximate surface area is 295 Å². The van der Waals surface area contributed by atoms with E-state index in [1.165, 1.54) is 17.0 Å². The van der Waals surface area contributed by atoms with Crippen LogP contribution >= 0.6 is 11.6 Å². The number of carbonyl (C=O) groups excluding carboxylic acids is 2. The smallest absolute Gasteiger partial charge is 0.264 e. The third-order valence-electron chi connectivity index (χ3n) is 8.84. The van der Waals surface area contributed by atoms with E-state index in [9.17, 15) is 18.0 Å². The number of carbonyl (C=O) groups is 2. The summed E-state index contributed by atoms with van der Waals surface area (Å²) in [5, 5.41) is 3.67. The molecule has 1 aliphatic rings. The van der Waals surface area contributed by atoms with Crippen LogP contribution in [-0.2, 0) is 32.6 Å². The second-order valence-corrected chi connectivity index (χ2v) is 14.7. The predicted octanol–water partition coefficient (Wildman–Crippen LogP) is 7.33. The van der Waals surface area contributed by atoms with Crippen molar-refractivity contribution in [1.82, 2.24) is 10.2 Å². The lowest BCUT2D eigenvalue weighted by Crippen LogP contribution is -2.55. The van der Waals surface area contributed by atoms with Crippen LogP contribution < -0.4 is 14.4 Å². The van der Waals surface area contributed by atoms with Crippen molar-refractivity contribution in [3.63, 3.8) is 0 Å². The van der Waals surface area contributed by atoms with Crippen LogP contribution in [0.15, 0.2) is 108 Å². The summed E-state index contributed by atoms with van der Waals surface area (Å²) in [5.74, 6) is -0.512. The number of para-hydroxylation sites is 2. The van der Waals surface area contributed by atoms with E-state index in [1.807, 2.05) is 56.3 Å². The number of amides is 2. The molecule has 10 heteroatoms. The summed E-state index contributed by atoms with van der Waals surface area (Å²) >= 11 is 6.63. The minimum atomic E-state index is -4.27. The molecule has 0 aromatic heterocycles. The summed E-state index contributed by atoms with van der Waals surface area (Å²) in [5.41, 5.74) is 2.63. The average Bonchev–Trinajstić information content (AvgIpc) is 3.11. The fourth-order valence-corrected chi connectivity index (χ4v) is 7.82. The van der Waals surface area contributed by atoms with Gasteiger partial charge in [0, 0.05) is 24.0 Å². The maximum atomic E-state index is 14.8. The maximum Gasteiger partial charge on any atom is 0.264 e. The zero-order chi connectivity index (χ0) is 34.8. The van der Waals surface area contributed by atoms with Crippen LogP contribution in [0.25, 0.3) is 0 Å². The van der Waals surface area contributed by atoms with Gasteiger partial charge in [-0.15, -0.1) is 0 Å². The van der Waals surface area contributed by atoms with Gasteiger partial charge in [0.05, 0.1) is 17.2 Å². The van der Waals surface area contributed by atoms with Crippen LogP contribution in [0.1, 0.15) is 55.7 Å². The molecule has 0 aliphatic heterocycles. The second kappa shape index (κ2) is 16.9. The number of halogens is 1. The molecule has 0 bridgehead atoms. The zero-order valence-corrected chi connectivity index (χ0v) is 29.6. The highest BCUT2D eigenvalue weighted by molar-refractivity contribution is 7.92. The van der Waals surface area contributed by atoms with Gasteiger partial charge in [0.2, 0.25) is 11.8 Å². The number of anilines is 1. The van der Waals surface area contributed by atoms with E-state index in [4.69, 9.17) is 16.3 Å². The van der Waals surface area contributed by atoms with E-state index < -0.39 is 28.5 Å². The molecule has 4 aromatic rings. The van der Waals surface area contributed by atoms with Crippen molar-refractivity contribution in [1.29, 1.82) is 0 Å². The zero-order valence-electron chi connectivity index (χ0n) is 28.1. The number of benzene rings is 4. The van der Waals surface area contributed by atoms with E-state index in [2.05, 4.69) is 5.32 Å². The summed E-state index contributed by atoms with van der Waals surface area (Å²) in [6.45, 7) is 3.40. The van der Waals surface area contributed by atoms with Crippen molar-refractivity contribution in [3.05, 3.63) is 125 Å². The monoisotopic (exact) mass is 701 g/mol. The van der Waals surface area contributed by atoms with Gasteiger partial charge in [-0.1, -0.05) is 109 Å². The highest BCUT2D eigenvalue weighted by Crippen LogP contribution is 2.33. The molecule has 0 unspecified atom stereocenters. The molecule has 258 valence electrons. The summed E-state index contributed by atoms with van der Waals surface area (Å²) in [7, 11) is -4.27. The summed E-state index contributed by atoms with van der Waals surface area (Å²) in [6, 6.07) is 29.0. The summed E-state index contributed by atoms with van der Waals surface area (Å²) < 4.78 is 35.8. The number of sulfonamides is 1. The SMILES string of the molecule is CCOc1ccccc1N(CC(=O)N(Cc1ccccc1Cl)[C@@H](Cc1ccccc1)C(=O)NC1CCCCC1)S(=O)(=O)c1ccc(C)cc1. The number of nitrogens with one attached hydrogen (secondary N) is 1. The Hall–Kier alpha value is -4.34. The van der Waals surface area contributed by atoms with Crippen LogP contribution in [0.5, 0.6) is 5.75 Å². The van der Waals surface area contributed by atoms with Gasteiger partial charge in [0.1, 0.15) is 18.3 Å². The molecule has 1 fully saturated rings. The second-order valence-electron chi connectivity index (χ2n) is 12.4. The molecular weight excluding hydrogens is 658 g/mol. The first kappa shape index (κ1) is 36.0. The Morgan fingerprint density at radius 2 is 1.53 bits per heavy atom. The van der Waals surface area contributed by atoms with Crippen LogP contribution in [0.3, 0.4) is 0 Å². The predicted molar refractivity (Wildman–Crippen MR) is 194 cm³/mol. The van der Waals surface area contributed by atoms with Crippen molar-refractivity contribution in [2.45, 2.75) is 75.9 Å². The molecule has 0 spiro atoms. The van der Waals surface area contributed by atoms with E-state index >= 15 is 0 Å². The van der Waals surface area contributed by atoms with Crippen LogP contribution in [0.4, 0.5) is 5.69 Å². The van der Waals surface area contributed by atoms with E-state index in [0.29, 0.717) is 22.9 Å². The van der Waals surface area contributed by atoms with Gasteiger partial charge < -0.3 is 15.0 Å². The largest absolute Gasteiger partial charge is 0.492 e. The third kappa shape index (κ3) is 9.22. The Kier molecular flexibility index (Phi) is 12.4. The van der Waals surface area contributed by atoms with Gasteiger partial charge in [-0.3, -0.25) is 13.9 Å². The van der Waals surface area contributed by atoms with Gasteiger partial charge in [-0.2, -0.15) is 0 Å². The number of hydrogen-bond donors (Lipinski definition) is 1. The van der Waals surface area contributed by atoms with Crippen molar-refractivity contribution >= 4 is 39.1 Å². The Balaban J connectivity index is 1.60. The maximum absolute atomic E-state index is 14.8. The Morgan fingerprint density at radius 3 is 2.22 bits per heavy atom. The molecule has 0 saturated heterocycles. The number of ether oxygens (including phenoxy) is 1. The number of rotatable bonds is 14. The van der Waals surface area contributed by atoms with Gasteiger partial charge >= 0.3 is 0 Å². The summed E-state index contributed by atoms with van der Waals surface area (Å²) in [4.78, 5) is 30.6. The molecule has 1 N–H and O–H groups in total. The molecule has 8 nitrogen and oxygen atoms in total. The van der Waals surface area contributed by atoms with Crippen LogP contribution in [-0.4, -0.2) is 50.4 Å². The lowest BCUT2D eigenvalue weighted by atomic mass is 9.94. The highest BCUT2D eigenvalue weighted by atomic mass is 35.5. The first-order valence-corrected chi connectivity index (χ1v) is 18.7. The van der Waals surface area contributed by atoms with Crippen molar-refractivity contribution in [2.75, 3.05) is 17.5 Å². The van der Waals surface area contributed by atoms with E-state index in [1.54, 1.807) is 48.5 Å². The fraction of sp³-hybridized carbons (Fsp3) is 0.333. The minimum Gasteiger partial charge on any atom is -0.492 e. The molecule has 2 amide bonds.